The summed E-state index contributed by atoms with van der Waals surface area (Å²) in [5.41, 5.74) is 2.78. The molecule has 1 aromatic carbocycles. The van der Waals surface area contributed by atoms with Crippen molar-refractivity contribution in [3.63, 3.8) is 0 Å². The van der Waals surface area contributed by atoms with Crippen molar-refractivity contribution in [3.8, 4) is 0 Å². The lowest BCUT2D eigenvalue weighted by atomic mass is 10.1. The van der Waals surface area contributed by atoms with Crippen molar-refractivity contribution in [1.82, 2.24) is 10.2 Å². The van der Waals surface area contributed by atoms with Crippen LogP contribution in [0.3, 0.4) is 0 Å². The van der Waals surface area contributed by atoms with Gasteiger partial charge in [-0.3, -0.25) is 9.69 Å². The average Bonchev–Trinajstić information content (AvgIpc) is 2.87. The number of carbonyl (C=O) groups excluding carboxylic acids is 1. The molecule has 0 bridgehead atoms. The van der Waals surface area contributed by atoms with Crippen molar-refractivity contribution in [1.29, 1.82) is 0 Å². The predicted octanol–water partition coefficient (Wildman–Crippen LogP) is 0.800. The molecule has 118 valence electrons. The van der Waals surface area contributed by atoms with Crippen LogP contribution in [0.5, 0.6) is 0 Å². The van der Waals surface area contributed by atoms with Crippen LogP contribution in [0.4, 0.5) is 11.4 Å². The van der Waals surface area contributed by atoms with Crippen molar-refractivity contribution in [2.45, 2.75) is 6.42 Å². The van der Waals surface area contributed by atoms with Crippen molar-refractivity contribution in [2.24, 2.45) is 0 Å². The summed E-state index contributed by atoms with van der Waals surface area (Å²) in [6.45, 7) is 5.32. The first kappa shape index (κ1) is 15.2. The van der Waals surface area contributed by atoms with Crippen LogP contribution in [0.1, 0.15) is 5.56 Å². The Labute approximate surface area is 135 Å². The maximum Gasteiger partial charge on any atom is 0.228 e. The van der Waals surface area contributed by atoms with Gasteiger partial charge in [0.15, 0.2) is 5.11 Å². The number of ether oxygens (including phenoxy) is 1. The summed E-state index contributed by atoms with van der Waals surface area (Å²) in [5, 5.41) is 9.79. The third-order valence-electron chi connectivity index (χ3n) is 3.81. The minimum atomic E-state index is 0.0402. The molecule has 0 atom stereocenters. The van der Waals surface area contributed by atoms with Crippen molar-refractivity contribution in [2.75, 3.05) is 50.0 Å². The van der Waals surface area contributed by atoms with E-state index in [1.54, 1.807) is 0 Å². The van der Waals surface area contributed by atoms with Gasteiger partial charge in [0.25, 0.3) is 0 Å². The van der Waals surface area contributed by atoms with Gasteiger partial charge in [0.2, 0.25) is 5.91 Å². The molecular formula is C15H20N4O2S. The number of anilines is 2. The van der Waals surface area contributed by atoms with Gasteiger partial charge in [-0.15, -0.1) is 0 Å². The average molecular weight is 320 g/mol. The highest BCUT2D eigenvalue weighted by atomic mass is 32.1. The van der Waals surface area contributed by atoms with Gasteiger partial charge in [-0.2, -0.15) is 0 Å². The van der Waals surface area contributed by atoms with Gasteiger partial charge in [0, 0.05) is 37.6 Å². The van der Waals surface area contributed by atoms with E-state index in [1.807, 2.05) is 18.2 Å². The summed E-state index contributed by atoms with van der Waals surface area (Å²) in [6.07, 6.45) is 0.456. The van der Waals surface area contributed by atoms with E-state index in [2.05, 4.69) is 20.9 Å². The molecule has 1 saturated heterocycles. The smallest absolute Gasteiger partial charge is 0.228 e. The maximum atomic E-state index is 11.3. The Morgan fingerprint density at radius 1 is 1.36 bits per heavy atom. The van der Waals surface area contributed by atoms with Crippen LogP contribution >= 0.6 is 12.2 Å². The third-order valence-corrected chi connectivity index (χ3v) is 4.06. The summed E-state index contributed by atoms with van der Waals surface area (Å²) >= 11 is 5.30. The van der Waals surface area contributed by atoms with E-state index in [4.69, 9.17) is 17.0 Å². The number of nitrogens with zero attached hydrogens (tertiary/aromatic N) is 1. The summed E-state index contributed by atoms with van der Waals surface area (Å²) in [7, 11) is 0. The lowest BCUT2D eigenvalue weighted by Gasteiger charge is -2.26. The molecule has 1 aromatic rings. The predicted molar refractivity (Wildman–Crippen MR) is 90.3 cm³/mol. The Hall–Kier alpha value is -1.70. The highest BCUT2D eigenvalue weighted by molar-refractivity contribution is 7.80. The van der Waals surface area contributed by atoms with Crippen LogP contribution in [0.25, 0.3) is 0 Å². The molecule has 2 heterocycles. The topological polar surface area (TPSA) is 65.6 Å². The summed E-state index contributed by atoms with van der Waals surface area (Å²) in [5.74, 6) is 0.0402. The lowest BCUT2D eigenvalue weighted by molar-refractivity contribution is -0.115. The molecule has 0 saturated carbocycles. The first-order chi connectivity index (χ1) is 10.7. The van der Waals surface area contributed by atoms with E-state index in [-0.39, 0.29) is 5.91 Å². The van der Waals surface area contributed by atoms with Crippen molar-refractivity contribution >= 4 is 34.6 Å². The van der Waals surface area contributed by atoms with E-state index < -0.39 is 0 Å². The number of hydrogen-bond acceptors (Lipinski definition) is 4. The summed E-state index contributed by atoms with van der Waals surface area (Å²) in [4.78, 5) is 13.7. The first-order valence-electron chi connectivity index (χ1n) is 7.48. The summed E-state index contributed by atoms with van der Waals surface area (Å²) < 4.78 is 5.32. The Kier molecular flexibility index (Phi) is 4.87. The van der Waals surface area contributed by atoms with Crippen LogP contribution in [-0.4, -0.2) is 55.3 Å². The van der Waals surface area contributed by atoms with Gasteiger partial charge in [-0.25, -0.2) is 0 Å². The van der Waals surface area contributed by atoms with E-state index in [1.165, 1.54) is 0 Å². The van der Waals surface area contributed by atoms with Gasteiger partial charge in [-0.1, -0.05) is 6.07 Å². The fraction of sp³-hybridized carbons (Fsp3) is 0.467. The van der Waals surface area contributed by atoms with Gasteiger partial charge in [0.1, 0.15) is 0 Å². The van der Waals surface area contributed by atoms with Crippen molar-refractivity contribution in [3.05, 3.63) is 23.8 Å². The van der Waals surface area contributed by atoms with Gasteiger partial charge in [0.05, 0.1) is 19.6 Å². The molecule has 0 unspecified atom stereocenters. The Balaban J connectivity index is 1.44. The second kappa shape index (κ2) is 7.04. The quantitative estimate of drug-likeness (QED) is 0.713. The largest absolute Gasteiger partial charge is 0.379 e. The molecular weight excluding hydrogens is 300 g/mol. The monoisotopic (exact) mass is 320 g/mol. The van der Waals surface area contributed by atoms with Gasteiger partial charge >= 0.3 is 0 Å². The zero-order chi connectivity index (χ0) is 15.4. The molecule has 3 N–H and O–H groups in total. The minimum Gasteiger partial charge on any atom is -0.379 e. The molecule has 2 aliphatic rings. The van der Waals surface area contributed by atoms with Crippen LogP contribution in [-0.2, 0) is 16.0 Å². The molecule has 22 heavy (non-hydrogen) atoms. The zero-order valence-electron chi connectivity index (χ0n) is 12.4. The van der Waals surface area contributed by atoms with E-state index in [0.717, 1.165) is 56.3 Å². The fourth-order valence-corrected chi connectivity index (χ4v) is 2.84. The maximum absolute atomic E-state index is 11.3. The van der Waals surface area contributed by atoms with Crippen LogP contribution in [0.15, 0.2) is 18.2 Å². The Morgan fingerprint density at radius 2 is 2.18 bits per heavy atom. The molecule has 1 amide bonds. The highest BCUT2D eigenvalue weighted by Gasteiger charge is 2.17. The number of nitrogens with one attached hydrogen (secondary N) is 3. The molecule has 0 aromatic heterocycles. The molecule has 3 rings (SSSR count). The number of hydrogen-bond donors (Lipinski definition) is 3. The van der Waals surface area contributed by atoms with Crippen LogP contribution < -0.4 is 16.0 Å². The number of carbonyl (C=O) groups is 1. The molecule has 0 aliphatic carbocycles. The molecule has 6 nitrogen and oxygen atoms in total. The molecule has 0 spiro atoms. The summed E-state index contributed by atoms with van der Waals surface area (Å²) in [6, 6.07) is 5.80. The van der Waals surface area contributed by atoms with Crippen LogP contribution in [0.2, 0.25) is 0 Å². The number of fused-ring (bicyclic) bond motifs is 1. The normalized spacial score (nSPS) is 17.7. The number of thiocarbonyl (C=S) groups is 1. The molecule has 7 heteroatoms. The first-order valence-corrected chi connectivity index (χ1v) is 7.89. The molecule has 2 aliphatic heterocycles. The van der Waals surface area contributed by atoms with Crippen LogP contribution in [0, 0.1) is 0 Å². The standard InChI is InChI=1S/C15H20N4O2S/c20-14-9-11-1-2-12(10-13(11)18-14)17-15(22)16-3-4-19-5-7-21-8-6-19/h1-2,10H,3-9H2,(H,18,20)(H2,16,17,22). The number of rotatable bonds is 4. The third kappa shape index (κ3) is 3.94. The Morgan fingerprint density at radius 3 is 3.00 bits per heavy atom. The number of morpholine rings is 1. The minimum absolute atomic E-state index is 0.0402. The van der Waals surface area contributed by atoms with Gasteiger partial charge in [-0.05, 0) is 29.9 Å². The van der Waals surface area contributed by atoms with E-state index >= 15 is 0 Å². The molecule has 0 radical (unpaired) electrons. The van der Waals surface area contributed by atoms with E-state index in [0.29, 0.717) is 11.5 Å². The zero-order valence-corrected chi connectivity index (χ0v) is 13.2. The lowest BCUT2D eigenvalue weighted by Crippen LogP contribution is -2.42. The highest BCUT2D eigenvalue weighted by Crippen LogP contribution is 2.26. The van der Waals surface area contributed by atoms with Crippen molar-refractivity contribution < 1.29 is 9.53 Å². The SMILES string of the molecule is O=C1Cc2ccc(NC(=S)NCCN3CCOCC3)cc2N1. The second-order valence-corrected chi connectivity index (χ2v) is 5.84. The fourth-order valence-electron chi connectivity index (χ4n) is 2.62. The Bertz CT molecular complexity index is 573. The number of benzene rings is 1. The second-order valence-electron chi connectivity index (χ2n) is 5.43. The number of amides is 1. The molecule has 1 fully saturated rings. The van der Waals surface area contributed by atoms with E-state index in [9.17, 15) is 4.79 Å². The van der Waals surface area contributed by atoms with Gasteiger partial charge < -0.3 is 20.7 Å².